The van der Waals surface area contributed by atoms with E-state index in [4.69, 9.17) is 17.2 Å². The lowest BCUT2D eigenvalue weighted by Crippen LogP contribution is -2.57. The minimum absolute atomic E-state index is 0.0412. The van der Waals surface area contributed by atoms with Crippen molar-refractivity contribution < 1.29 is 24.3 Å². The third-order valence-corrected chi connectivity index (χ3v) is 5.74. The number of hydrogen-bond donors (Lipinski definition) is 6. The Bertz CT molecular complexity index is 752. The van der Waals surface area contributed by atoms with Gasteiger partial charge in [-0.3, -0.25) is 19.4 Å². The number of carbonyl (C=O) groups is 4. The topological polar surface area (TPSA) is 206 Å². The third kappa shape index (κ3) is 9.16. The Morgan fingerprint density at radius 3 is 2.26 bits per heavy atom. The number of carboxylic acids is 1. The molecule has 9 N–H and O–H groups in total. The normalized spacial score (nSPS) is 18.3. The minimum atomic E-state index is -1.15. The van der Waals surface area contributed by atoms with Crippen LogP contribution in [0.1, 0.15) is 59.8 Å². The molecule has 194 valence electrons. The first kappa shape index (κ1) is 29.1. The molecule has 1 aliphatic rings. The molecule has 3 amide bonds. The van der Waals surface area contributed by atoms with Gasteiger partial charge in [-0.2, -0.15) is 0 Å². The molecule has 0 bridgehead atoms. The van der Waals surface area contributed by atoms with Gasteiger partial charge in [-0.25, -0.2) is 4.79 Å². The molecule has 1 heterocycles. The summed E-state index contributed by atoms with van der Waals surface area (Å²) in [6.45, 7) is 8.03. The first-order chi connectivity index (χ1) is 15.8. The average Bonchev–Trinajstić information content (AvgIpc) is 3.23. The smallest absolute Gasteiger partial charge is 0.326 e. The number of rotatable bonds is 13. The standard InChI is InChI=1S/C22H41N7O5/c1-12(2)11-15(21(33)34)28-18(30)14(7-5-9-26-22(24)25)27-19(31)16-8-6-10-29(16)20(32)17(23)13(3)4/h12-17H,5-11,23H2,1-4H3,(H,27,31)(H,28,30)(H,33,34)(H4,24,25,26). The van der Waals surface area contributed by atoms with Crippen LogP contribution in [0.3, 0.4) is 0 Å². The lowest BCUT2D eigenvalue weighted by Gasteiger charge is -2.29. The summed E-state index contributed by atoms with van der Waals surface area (Å²) < 4.78 is 0. The number of hydrogen-bond acceptors (Lipinski definition) is 6. The molecule has 0 aromatic heterocycles. The zero-order valence-electron chi connectivity index (χ0n) is 20.6. The van der Waals surface area contributed by atoms with Crippen LogP contribution in [0.15, 0.2) is 4.99 Å². The predicted molar refractivity (Wildman–Crippen MR) is 128 cm³/mol. The zero-order chi connectivity index (χ0) is 26.0. The Labute approximate surface area is 201 Å². The second kappa shape index (κ2) is 13.7. The van der Waals surface area contributed by atoms with E-state index in [-0.39, 0.29) is 43.1 Å². The molecule has 12 nitrogen and oxygen atoms in total. The highest BCUT2D eigenvalue weighted by Gasteiger charge is 2.38. The van der Waals surface area contributed by atoms with Crippen LogP contribution in [0.25, 0.3) is 0 Å². The van der Waals surface area contributed by atoms with Crippen molar-refractivity contribution in [3.63, 3.8) is 0 Å². The van der Waals surface area contributed by atoms with Gasteiger partial charge >= 0.3 is 5.97 Å². The predicted octanol–water partition coefficient (Wildman–Crippen LogP) is -0.885. The zero-order valence-corrected chi connectivity index (χ0v) is 20.6. The fourth-order valence-electron chi connectivity index (χ4n) is 3.79. The molecule has 4 unspecified atom stereocenters. The van der Waals surface area contributed by atoms with Gasteiger partial charge in [-0.15, -0.1) is 0 Å². The summed E-state index contributed by atoms with van der Waals surface area (Å²) in [7, 11) is 0. The quantitative estimate of drug-likeness (QED) is 0.110. The van der Waals surface area contributed by atoms with Gasteiger partial charge in [0.05, 0.1) is 6.04 Å². The number of carboxylic acid groups (broad SMARTS) is 1. The van der Waals surface area contributed by atoms with Gasteiger partial charge in [-0.1, -0.05) is 27.7 Å². The number of nitrogens with two attached hydrogens (primary N) is 3. The number of likely N-dealkylation sites (tertiary alicyclic amines) is 1. The van der Waals surface area contributed by atoms with Gasteiger partial charge in [0.1, 0.15) is 18.1 Å². The van der Waals surface area contributed by atoms with E-state index in [1.165, 1.54) is 4.90 Å². The second-order valence-corrected chi connectivity index (χ2v) is 9.50. The Hall–Kier alpha value is -2.89. The fourth-order valence-corrected chi connectivity index (χ4v) is 3.79. The van der Waals surface area contributed by atoms with Crippen LogP contribution in [0.2, 0.25) is 0 Å². The van der Waals surface area contributed by atoms with Gasteiger partial charge in [0, 0.05) is 13.1 Å². The Kier molecular flexibility index (Phi) is 11.8. The number of nitrogens with one attached hydrogen (secondary N) is 2. The second-order valence-electron chi connectivity index (χ2n) is 9.50. The summed E-state index contributed by atoms with van der Waals surface area (Å²) >= 11 is 0. The van der Waals surface area contributed by atoms with E-state index in [2.05, 4.69) is 15.6 Å². The molecule has 12 heteroatoms. The number of aliphatic imine (C=N–C) groups is 1. The maximum Gasteiger partial charge on any atom is 0.326 e. The molecule has 1 saturated heterocycles. The largest absolute Gasteiger partial charge is 0.480 e. The maximum absolute atomic E-state index is 13.1. The van der Waals surface area contributed by atoms with Crippen LogP contribution in [-0.2, 0) is 19.2 Å². The Morgan fingerprint density at radius 1 is 1.09 bits per heavy atom. The number of amides is 3. The monoisotopic (exact) mass is 483 g/mol. The van der Waals surface area contributed by atoms with Crippen molar-refractivity contribution in [3.05, 3.63) is 0 Å². The number of nitrogens with zero attached hydrogens (tertiary/aromatic N) is 2. The molecule has 4 atom stereocenters. The molecule has 34 heavy (non-hydrogen) atoms. The lowest BCUT2D eigenvalue weighted by molar-refractivity contribution is -0.143. The van der Waals surface area contributed by atoms with E-state index < -0.39 is 42.0 Å². The highest BCUT2D eigenvalue weighted by molar-refractivity contribution is 5.94. The summed E-state index contributed by atoms with van der Waals surface area (Å²) in [5, 5.41) is 14.7. The SMILES string of the molecule is CC(C)CC(NC(=O)C(CCCN=C(N)N)NC(=O)C1CCCN1C(=O)C(N)C(C)C)C(=O)O. The molecule has 0 spiro atoms. The van der Waals surface area contributed by atoms with E-state index in [0.29, 0.717) is 25.8 Å². The van der Waals surface area contributed by atoms with Gasteiger partial charge in [0.15, 0.2) is 5.96 Å². The van der Waals surface area contributed by atoms with Crippen LogP contribution in [0.4, 0.5) is 0 Å². The fraction of sp³-hybridized carbons (Fsp3) is 0.773. The summed E-state index contributed by atoms with van der Waals surface area (Å²) in [5.74, 6) is -2.67. The van der Waals surface area contributed by atoms with Crippen LogP contribution in [-0.4, -0.2) is 76.9 Å². The van der Waals surface area contributed by atoms with Crippen LogP contribution < -0.4 is 27.8 Å². The molecule has 1 rings (SSSR count). The summed E-state index contributed by atoms with van der Waals surface area (Å²) in [4.78, 5) is 55.7. The van der Waals surface area contributed by atoms with Crippen molar-refractivity contribution in [2.75, 3.05) is 13.1 Å². The van der Waals surface area contributed by atoms with E-state index in [9.17, 15) is 24.3 Å². The summed E-state index contributed by atoms with van der Waals surface area (Å²) in [5.41, 5.74) is 16.7. The van der Waals surface area contributed by atoms with Crippen molar-refractivity contribution in [1.82, 2.24) is 15.5 Å². The van der Waals surface area contributed by atoms with Gasteiger partial charge in [0.2, 0.25) is 17.7 Å². The van der Waals surface area contributed by atoms with Crippen molar-refractivity contribution in [1.29, 1.82) is 0 Å². The number of carbonyl (C=O) groups excluding carboxylic acids is 3. The molecule has 1 fully saturated rings. The molecule has 0 saturated carbocycles. The Balaban J connectivity index is 2.97. The van der Waals surface area contributed by atoms with Gasteiger partial charge in [-0.05, 0) is 43.9 Å². The van der Waals surface area contributed by atoms with Gasteiger partial charge in [0.25, 0.3) is 0 Å². The van der Waals surface area contributed by atoms with Crippen molar-refractivity contribution in [2.45, 2.75) is 84.0 Å². The van der Waals surface area contributed by atoms with Crippen LogP contribution in [0.5, 0.6) is 0 Å². The molecular formula is C22H41N7O5. The molecule has 0 aliphatic carbocycles. The lowest BCUT2D eigenvalue weighted by atomic mass is 10.0. The molecule has 0 radical (unpaired) electrons. The highest BCUT2D eigenvalue weighted by Crippen LogP contribution is 2.20. The first-order valence-corrected chi connectivity index (χ1v) is 11.8. The minimum Gasteiger partial charge on any atom is -0.480 e. The third-order valence-electron chi connectivity index (χ3n) is 5.74. The summed E-state index contributed by atoms with van der Waals surface area (Å²) in [6.07, 6.45) is 1.91. The average molecular weight is 484 g/mol. The molecule has 1 aliphatic heterocycles. The Morgan fingerprint density at radius 2 is 1.74 bits per heavy atom. The molecular weight excluding hydrogens is 442 g/mol. The van der Waals surface area contributed by atoms with Crippen molar-refractivity contribution in [2.24, 2.45) is 34.0 Å². The highest BCUT2D eigenvalue weighted by atomic mass is 16.4. The molecule has 0 aromatic carbocycles. The van der Waals surface area contributed by atoms with Crippen LogP contribution in [0, 0.1) is 11.8 Å². The van der Waals surface area contributed by atoms with E-state index >= 15 is 0 Å². The summed E-state index contributed by atoms with van der Waals surface area (Å²) in [6, 6.07) is -3.55. The van der Waals surface area contributed by atoms with Gasteiger partial charge < -0.3 is 37.8 Å². The van der Waals surface area contributed by atoms with E-state index in [1.54, 1.807) is 0 Å². The van der Waals surface area contributed by atoms with Crippen molar-refractivity contribution in [3.8, 4) is 0 Å². The number of aliphatic carboxylic acids is 1. The maximum atomic E-state index is 13.1. The first-order valence-electron chi connectivity index (χ1n) is 11.8. The van der Waals surface area contributed by atoms with E-state index in [0.717, 1.165) is 0 Å². The number of guanidine groups is 1. The molecule has 0 aromatic rings. The van der Waals surface area contributed by atoms with E-state index in [1.807, 2.05) is 27.7 Å². The van der Waals surface area contributed by atoms with Crippen LogP contribution >= 0.6 is 0 Å². The van der Waals surface area contributed by atoms with Crippen molar-refractivity contribution >= 4 is 29.7 Å².